The van der Waals surface area contributed by atoms with Crippen molar-refractivity contribution in [3.8, 4) is 17.2 Å². The standard InChI is InChI=1S/C13H18O5/c1-3-5-17-9-7-10(13(15)16)12(14)11(8-9)18-6-4-2/h7-8,14H,3-6H2,1-2H3,(H,15,16). The minimum atomic E-state index is -1.21. The van der Waals surface area contributed by atoms with E-state index in [-0.39, 0.29) is 17.1 Å². The summed E-state index contributed by atoms with van der Waals surface area (Å²) in [4.78, 5) is 11.0. The van der Waals surface area contributed by atoms with Crippen LogP contribution < -0.4 is 9.47 Å². The molecule has 1 aromatic carbocycles. The lowest BCUT2D eigenvalue weighted by molar-refractivity contribution is 0.0692. The first-order valence-corrected chi connectivity index (χ1v) is 5.96. The van der Waals surface area contributed by atoms with Crippen molar-refractivity contribution in [2.75, 3.05) is 13.2 Å². The van der Waals surface area contributed by atoms with Crippen LogP contribution in [0.2, 0.25) is 0 Å². The average Bonchev–Trinajstić information content (AvgIpc) is 2.35. The Morgan fingerprint density at radius 2 is 1.78 bits per heavy atom. The fourth-order valence-corrected chi connectivity index (χ4v) is 1.37. The van der Waals surface area contributed by atoms with Gasteiger partial charge in [-0.25, -0.2) is 4.79 Å². The molecule has 0 saturated heterocycles. The Morgan fingerprint density at radius 3 is 2.33 bits per heavy atom. The number of carbonyl (C=O) groups is 1. The molecule has 1 aromatic rings. The van der Waals surface area contributed by atoms with E-state index in [0.717, 1.165) is 12.8 Å². The summed E-state index contributed by atoms with van der Waals surface area (Å²) in [5.41, 5.74) is -0.213. The van der Waals surface area contributed by atoms with Crippen LogP contribution in [0.4, 0.5) is 0 Å². The third-order valence-corrected chi connectivity index (χ3v) is 2.21. The Labute approximate surface area is 106 Å². The number of hydrogen-bond acceptors (Lipinski definition) is 4. The van der Waals surface area contributed by atoms with Crippen molar-refractivity contribution in [3.05, 3.63) is 17.7 Å². The second-order valence-electron chi connectivity index (χ2n) is 3.82. The van der Waals surface area contributed by atoms with Crippen LogP contribution in [-0.2, 0) is 0 Å². The van der Waals surface area contributed by atoms with E-state index in [2.05, 4.69) is 0 Å². The van der Waals surface area contributed by atoms with Gasteiger partial charge in [0, 0.05) is 6.07 Å². The number of carboxylic acids is 1. The molecule has 18 heavy (non-hydrogen) atoms. The summed E-state index contributed by atoms with van der Waals surface area (Å²) < 4.78 is 10.7. The highest BCUT2D eigenvalue weighted by molar-refractivity contribution is 5.92. The topological polar surface area (TPSA) is 76.0 Å². The summed E-state index contributed by atoms with van der Waals surface area (Å²) >= 11 is 0. The van der Waals surface area contributed by atoms with Gasteiger partial charge in [-0.15, -0.1) is 0 Å². The largest absolute Gasteiger partial charge is 0.504 e. The summed E-state index contributed by atoms with van der Waals surface area (Å²) in [6.07, 6.45) is 1.58. The second kappa shape index (κ2) is 6.74. The minimum absolute atomic E-state index is 0.142. The van der Waals surface area contributed by atoms with Gasteiger partial charge in [0.1, 0.15) is 11.3 Å². The van der Waals surface area contributed by atoms with Gasteiger partial charge in [0.2, 0.25) is 0 Å². The van der Waals surface area contributed by atoms with E-state index in [9.17, 15) is 9.90 Å². The lowest BCUT2D eigenvalue weighted by Gasteiger charge is -2.12. The number of rotatable bonds is 7. The lowest BCUT2D eigenvalue weighted by atomic mass is 10.1. The van der Waals surface area contributed by atoms with Gasteiger partial charge in [-0.2, -0.15) is 0 Å². The second-order valence-corrected chi connectivity index (χ2v) is 3.82. The normalized spacial score (nSPS) is 10.1. The number of benzene rings is 1. The Bertz CT molecular complexity index is 414. The zero-order valence-electron chi connectivity index (χ0n) is 10.6. The Balaban J connectivity index is 3.06. The van der Waals surface area contributed by atoms with Gasteiger partial charge in [-0.05, 0) is 18.9 Å². The fourth-order valence-electron chi connectivity index (χ4n) is 1.37. The lowest BCUT2D eigenvalue weighted by Crippen LogP contribution is -2.03. The van der Waals surface area contributed by atoms with Gasteiger partial charge >= 0.3 is 5.97 Å². The van der Waals surface area contributed by atoms with Gasteiger partial charge < -0.3 is 19.7 Å². The maximum atomic E-state index is 11.0. The van der Waals surface area contributed by atoms with Crippen LogP contribution in [0.3, 0.4) is 0 Å². The third-order valence-electron chi connectivity index (χ3n) is 2.21. The zero-order chi connectivity index (χ0) is 13.5. The molecule has 0 bridgehead atoms. The first kappa shape index (κ1) is 14.2. The van der Waals surface area contributed by atoms with E-state index in [1.165, 1.54) is 12.1 Å². The predicted molar refractivity (Wildman–Crippen MR) is 66.6 cm³/mol. The van der Waals surface area contributed by atoms with E-state index in [1.807, 2.05) is 13.8 Å². The van der Waals surface area contributed by atoms with E-state index in [1.54, 1.807) is 0 Å². The molecule has 0 aliphatic rings. The summed E-state index contributed by atoms with van der Waals surface area (Å²) in [6, 6.07) is 2.80. The zero-order valence-corrected chi connectivity index (χ0v) is 10.6. The summed E-state index contributed by atoms with van der Waals surface area (Å²) in [7, 11) is 0. The number of aromatic carboxylic acids is 1. The molecule has 0 spiro atoms. The Morgan fingerprint density at radius 1 is 1.17 bits per heavy atom. The van der Waals surface area contributed by atoms with Crippen LogP contribution in [0, 0.1) is 0 Å². The van der Waals surface area contributed by atoms with Crippen molar-refractivity contribution < 1.29 is 24.5 Å². The Kier molecular flexibility index (Phi) is 5.30. The van der Waals surface area contributed by atoms with Crippen molar-refractivity contribution in [2.45, 2.75) is 26.7 Å². The summed E-state index contributed by atoms with van der Waals surface area (Å²) in [5.74, 6) is -1.04. The van der Waals surface area contributed by atoms with Crippen molar-refractivity contribution in [3.63, 3.8) is 0 Å². The Hall–Kier alpha value is -1.91. The molecule has 0 unspecified atom stereocenters. The third kappa shape index (κ3) is 3.55. The smallest absolute Gasteiger partial charge is 0.339 e. The van der Waals surface area contributed by atoms with Crippen molar-refractivity contribution in [2.24, 2.45) is 0 Å². The first-order chi connectivity index (χ1) is 8.60. The molecule has 0 radical (unpaired) electrons. The molecule has 5 heteroatoms. The number of hydrogen-bond donors (Lipinski definition) is 2. The number of phenols is 1. The van der Waals surface area contributed by atoms with Crippen molar-refractivity contribution in [1.82, 2.24) is 0 Å². The van der Waals surface area contributed by atoms with E-state index >= 15 is 0 Å². The average molecular weight is 254 g/mol. The SMILES string of the molecule is CCCOc1cc(OCCC)c(O)c(C(=O)O)c1. The van der Waals surface area contributed by atoms with Crippen LogP contribution in [0.15, 0.2) is 12.1 Å². The highest BCUT2D eigenvalue weighted by atomic mass is 16.5. The molecule has 0 aromatic heterocycles. The molecule has 5 nitrogen and oxygen atoms in total. The summed E-state index contributed by atoms with van der Waals surface area (Å²) in [5, 5.41) is 18.8. The molecule has 0 saturated carbocycles. The van der Waals surface area contributed by atoms with E-state index in [0.29, 0.717) is 19.0 Å². The van der Waals surface area contributed by atoms with Crippen LogP contribution in [-0.4, -0.2) is 29.4 Å². The molecule has 0 atom stereocenters. The highest BCUT2D eigenvalue weighted by Crippen LogP contribution is 2.35. The minimum Gasteiger partial charge on any atom is -0.504 e. The number of aromatic hydroxyl groups is 1. The molecule has 0 fully saturated rings. The summed E-state index contributed by atoms with van der Waals surface area (Å²) in [6.45, 7) is 4.76. The monoisotopic (exact) mass is 254 g/mol. The van der Waals surface area contributed by atoms with Crippen LogP contribution in [0.25, 0.3) is 0 Å². The van der Waals surface area contributed by atoms with Gasteiger partial charge in [-0.3, -0.25) is 0 Å². The van der Waals surface area contributed by atoms with Gasteiger partial charge in [0.15, 0.2) is 11.5 Å². The number of carboxylic acid groups (broad SMARTS) is 1. The van der Waals surface area contributed by atoms with Crippen molar-refractivity contribution >= 4 is 5.97 Å². The van der Waals surface area contributed by atoms with Gasteiger partial charge in [-0.1, -0.05) is 13.8 Å². The van der Waals surface area contributed by atoms with Crippen LogP contribution in [0.1, 0.15) is 37.0 Å². The molecule has 0 aliphatic carbocycles. The maximum absolute atomic E-state index is 11.0. The molecule has 1 rings (SSSR count). The quantitative estimate of drug-likeness (QED) is 0.782. The predicted octanol–water partition coefficient (Wildman–Crippen LogP) is 2.67. The number of ether oxygens (including phenoxy) is 2. The van der Waals surface area contributed by atoms with Crippen LogP contribution in [0.5, 0.6) is 17.2 Å². The highest BCUT2D eigenvalue weighted by Gasteiger charge is 2.17. The molecule has 2 N–H and O–H groups in total. The molecular weight excluding hydrogens is 236 g/mol. The molecule has 0 aliphatic heterocycles. The van der Waals surface area contributed by atoms with E-state index < -0.39 is 5.97 Å². The molecule has 0 amide bonds. The van der Waals surface area contributed by atoms with Crippen LogP contribution >= 0.6 is 0 Å². The maximum Gasteiger partial charge on any atom is 0.339 e. The molecule has 0 heterocycles. The van der Waals surface area contributed by atoms with E-state index in [4.69, 9.17) is 14.6 Å². The van der Waals surface area contributed by atoms with Gasteiger partial charge in [0.25, 0.3) is 0 Å². The fraction of sp³-hybridized carbons (Fsp3) is 0.462. The first-order valence-electron chi connectivity index (χ1n) is 5.96. The van der Waals surface area contributed by atoms with Gasteiger partial charge in [0.05, 0.1) is 13.2 Å². The molecule has 100 valence electrons. The molecular formula is C13H18O5. The van der Waals surface area contributed by atoms with Crippen molar-refractivity contribution in [1.29, 1.82) is 0 Å².